The van der Waals surface area contributed by atoms with Gasteiger partial charge in [-0.3, -0.25) is 4.79 Å². The SMILES string of the molecule is CN1CC2CCCc3cc(N)cc(c32)C1=O. The fraction of sp³-hybridized carbons (Fsp3) is 0.462. The van der Waals surface area contributed by atoms with Gasteiger partial charge < -0.3 is 10.6 Å². The maximum Gasteiger partial charge on any atom is 0.253 e. The number of carbonyl (C=O) groups is 1. The zero-order chi connectivity index (χ0) is 11.3. The number of anilines is 1. The lowest BCUT2D eigenvalue weighted by molar-refractivity contribution is 0.0760. The Morgan fingerprint density at radius 2 is 2.25 bits per heavy atom. The molecule has 16 heavy (non-hydrogen) atoms. The molecule has 0 bridgehead atoms. The molecule has 3 heteroatoms. The highest BCUT2D eigenvalue weighted by atomic mass is 16.2. The number of nitrogens with two attached hydrogens (primary N) is 1. The minimum Gasteiger partial charge on any atom is -0.399 e. The predicted molar refractivity (Wildman–Crippen MR) is 63.5 cm³/mol. The van der Waals surface area contributed by atoms with Crippen LogP contribution in [0.15, 0.2) is 12.1 Å². The van der Waals surface area contributed by atoms with E-state index in [1.54, 1.807) is 0 Å². The molecule has 1 aromatic rings. The molecule has 1 amide bonds. The van der Waals surface area contributed by atoms with Crippen LogP contribution in [0.5, 0.6) is 0 Å². The van der Waals surface area contributed by atoms with Crippen LogP contribution >= 0.6 is 0 Å². The number of amides is 1. The molecule has 0 spiro atoms. The Bertz CT molecular complexity index is 467. The summed E-state index contributed by atoms with van der Waals surface area (Å²) in [4.78, 5) is 13.9. The van der Waals surface area contributed by atoms with Gasteiger partial charge in [0, 0.05) is 30.8 Å². The van der Waals surface area contributed by atoms with Crippen molar-refractivity contribution in [2.24, 2.45) is 0 Å². The Hall–Kier alpha value is -1.51. The van der Waals surface area contributed by atoms with E-state index < -0.39 is 0 Å². The van der Waals surface area contributed by atoms with E-state index in [-0.39, 0.29) is 5.91 Å². The number of hydrogen-bond acceptors (Lipinski definition) is 2. The molecular formula is C13H16N2O. The zero-order valence-corrected chi connectivity index (χ0v) is 9.49. The third-order valence-electron chi connectivity index (χ3n) is 3.77. The molecule has 0 saturated carbocycles. The van der Waals surface area contributed by atoms with Crippen molar-refractivity contribution in [2.75, 3.05) is 19.3 Å². The lowest BCUT2D eigenvalue weighted by Gasteiger charge is -2.36. The average molecular weight is 216 g/mol. The number of carbonyl (C=O) groups excluding carboxylic acids is 1. The third kappa shape index (κ3) is 1.24. The number of likely N-dealkylation sites (N-methyl/N-ethyl adjacent to an activating group) is 1. The molecule has 3 rings (SSSR count). The molecular weight excluding hydrogens is 200 g/mol. The van der Waals surface area contributed by atoms with Gasteiger partial charge in [-0.1, -0.05) is 0 Å². The smallest absolute Gasteiger partial charge is 0.253 e. The van der Waals surface area contributed by atoms with Gasteiger partial charge in [0.2, 0.25) is 0 Å². The summed E-state index contributed by atoms with van der Waals surface area (Å²) in [6, 6.07) is 3.89. The van der Waals surface area contributed by atoms with E-state index in [9.17, 15) is 4.79 Å². The van der Waals surface area contributed by atoms with Gasteiger partial charge in [0.15, 0.2) is 0 Å². The lowest BCUT2D eigenvalue weighted by Crippen LogP contribution is -2.38. The minimum atomic E-state index is 0.127. The summed E-state index contributed by atoms with van der Waals surface area (Å²) in [5, 5.41) is 0. The van der Waals surface area contributed by atoms with E-state index in [4.69, 9.17) is 5.73 Å². The largest absolute Gasteiger partial charge is 0.399 e. The fourth-order valence-electron chi connectivity index (χ4n) is 3.09. The standard InChI is InChI=1S/C13H16N2O/c1-15-7-9-4-2-3-8-5-10(14)6-11(12(8)9)13(15)16/h5-6,9H,2-4,7,14H2,1H3. The predicted octanol–water partition coefficient (Wildman–Crippen LogP) is 1.77. The van der Waals surface area contributed by atoms with Crippen LogP contribution in [0.3, 0.4) is 0 Å². The van der Waals surface area contributed by atoms with Crippen molar-refractivity contribution < 1.29 is 4.79 Å². The van der Waals surface area contributed by atoms with Crippen LogP contribution in [-0.4, -0.2) is 24.4 Å². The second-order valence-electron chi connectivity index (χ2n) is 4.92. The van der Waals surface area contributed by atoms with Crippen molar-refractivity contribution in [1.82, 2.24) is 4.90 Å². The van der Waals surface area contributed by atoms with Gasteiger partial charge in [0.05, 0.1) is 0 Å². The van der Waals surface area contributed by atoms with Crippen LogP contribution in [0.1, 0.15) is 40.2 Å². The second kappa shape index (κ2) is 3.24. The highest BCUT2D eigenvalue weighted by Gasteiger charge is 2.33. The monoisotopic (exact) mass is 216 g/mol. The molecule has 1 unspecified atom stereocenters. The van der Waals surface area contributed by atoms with Gasteiger partial charge in [-0.2, -0.15) is 0 Å². The molecule has 84 valence electrons. The number of aryl methyl sites for hydroxylation is 1. The van der Waals surface area contributed by atoms with E-state index in [0.29, 0.717) is 5.92 Å². The molecule has 0 fully saturated rings. The Morgan fingerprint density at radius 1 is 1.44 bits per heavy atom. The summed E-state index contributed by atoms with van der Waals surface area (Å²) in [6.07, 6.45) is 3.48. The van der Waals surface area contributed by atoms with Crippen LogP contribution in [-0.2, 0) is 6.42 Å². The first kappa shape index (κ1) is 9.70. The van der Waals surface area contributed by atoms with Crippen LogP contribution in [0.2, 0.25) is 0 Å². The van der Waals surface area contributed by atoms with Gasteiger partial charge in [-0.25, -0.2) is 0 Å². The van der Waals surface area contributed by atoms with Crippen molar-refractivity contribution in [3.05, 3.63) is 28.8 Å². The second-order valence-corrected chi connectivity index (χ2v) is 4.92. The van der Waals surface area contributed by atoms with Gasteiger partial charge in [0.25, 0.3) is 5.91 Å². The average Bonchev–Trinajstić information content (AvgIpc) is 2.25. The van der Waals surface area contributed by atoms with Gasteiger partial charge in [0.1, 0.15) is 0 Å². The van der Waals surface area contributed by atoms with E-state index in [2.05, 4.69) is 0 Å². The summed E-state index contributed by atoms with van der Waals surface area (Å²) >= 11 is 0. The van der Waals surface area contributed by atoms with Crippen LogP contribution in [0.4, 0.5) is 5.69 Å². The molecule has 1 aliphatic heterocycles. The number of hydrogen-bond donors (Lipinski definition) is 1. The van der Waals surface area contributed by atoms with Crippen molar-refractivity contribution in [1.29, 1.82) is 0 Å². The molecule has 0 saturated heterocycles. The van der Waals surface area contributed by atoms with Crippen molar-refractivity contribution in [3.8, 4) is 0 Å². The van der Waals surface area contributed by atoms with Gasteiger partial charge in [-0.05, 0) is 42.5 Å². The first-order valence-electron chi connectivity index (χ1n) is 5.84. The fourth-order valence-corrected chi connectivity index (χ4v) is 3.09. The summed E-state index contributed by atoms with van der Waals surface area (Å²) < 4.78 is 0. The molecule has 1 aromatic carbocycles. The Kier molecular flexibility index (Phi) is 1.96. The number of benzene rings is 1. The topological polar surface area (TPSA) is 46.3 Å². The normalized spacial score (nSPS) is 23.2. The number of nitrogens with zero attached hydrogens (tertiary/aromatic N) is 1. The highest BCUT2D eigenvalue weighted by Crippen LogP contribution is 2.39. The van der Waals surface area contributed by atoms with Crippen molar-refractivity contribution in [2.45, 2.75) is 25.2 Å². The molecule has 1 heterocycles. The van der Waals surface area contributed by atoms with Gasteiger partial charge >= 0.3 is 0 Å². The quantitative estimate of drug-likeness (QED) is 0.672. The summed E-state index contributed by atoms with van der Waals surface area (Å²) in [5.41, 5.74) is 10.0. The van der Waals surface area contributed by atoms with Gasteiger partial charge in [-0.15, -0.1) is 0 Å². The first-order chi connectivity index (χ1) is 7.66. The Labute approximate surface area is 95.2 Å². The maximum absolute atomic E-state index is 12.1. The molecule has 0 aromatic heterocycles. The highest BCUT2D eigenvalue weighted by molar-refractivity contribution is 5.98. The minimum absolute atomic E-state index is 0.127. The molecule has 2 aliphatic rings. The van der Waals surface area contributed by atoms with Crippen molar-refractivity contribution in [3.63, 3.8) is 0 Å². The van der Waals surface area contributed by atoms with E-state index in [0.717, 1.165) is 24.2 Å². The third-order valence-corrected chi connectivity index (χ3v) is 3.77. The Morgan fingerprint density at radius 3 is 3.06 bits per heavy atom. The summed E-state index contributed by atoms with van der Waals surface area (Å²) in [7, 11) is 1.88. The number of nitrogen functional groups attached to an aromatic ring is 1. The van der Waals surface area contributed by atoms with E-state index >= 15 is 0 Å². The molecule has 3 nitrogen and oxygen atoms in total. The van der Waals surface area contributed by atoms with E-state index in [1.807, 2.05) is 24.1 Å². The number of rotatable bonds is 0. The summed E-state index contributed by atoms with van der Waals surface area (Å²) in [6.45, 7) is 0.864. The first-order valence-corrected chi connectivity index (χ1v) is 5.84. The molecule has 1 aliphatic carbocycles. The molecule has 1 atom stereocenters. The van der Waals surface area contributed by atoms with Crippen LogP contribution < -0.4 is 5.73 Å². The van der Waals surface area contributed by atoms with E-state index in [1.165, 1.54) is 24.0 Å². The van der Waals surface area contributed by atoms with Crippen molar-refractivity contribution >= 4 is 11.6 Å². The summed E-state index contributed by atoms with van der Waals surface area (Å²) in [5.74, 6) is 0.656. The lowest BCUT2D eigenvalue weighted by atomic mass is 9.77. The maximum atomic E-state index is 12.1. The molecule has 2 N–H and O–H groups in total. The molecule has 0 radical (unpaired) electrons. The Balaban J connectivity index is 2.24. The van der Waals surface area contributed by atoms with Crippen LogP contribution in [0.25, 0.3) is 0 Å². The zero-order valence-electron chi connectivity index (χ0n) is 9.49. The van der Waals surface area contributed by atoms with Crippen LogP contribution in [0, 0.1) is 0 Å².